The Morgan fingerprint density at radius 3 is 2.10 bits per heavy atom. The molecular weight excluding hydrogens is 409 g/mol. The van der Waals surface area contributed by atoms with Crippen molar-refractivity contribution in [1.29, 1.82) is 0 Å². The number of amides is 1. The molecule has 10 heteroatoms. The molecule has 0 fully saturated rings. The van der Waals surface area contributed by atoms with Crippen molar-refractivity contribution in [3.8, 4) is 5.75 Å². The first kappa shape index (κ1) is 22.5. The molecule has 1 amide bonds. The third-order valence-electron chi connectivity index (χ3n) is 4.12. The first-order valence-corrected chi connectivity index (χ1v) is 10.5. The van der Waals surface area contributed by atoms with E-state index in [-0.39, 0.29) is 5.69 Å². The Hall–Kier alpha value is -2.75. The molecule has 0 radical (unpaired) electrons. The number of hydrogen-bond acceptors (Lipinski definition) is 4. The Balaban J connectivity index is 2.04. The predicted octanol–water partition coefficient (Wildman–Crippen LogP) is 3.90. The average Bonchev–Trinajstić information content (AvgIpc) is 2.65. The van der Waals surface area contributed by atoms with E-state index in [0.29, 0.717) is 17.9 Å². The lowest BCUT2D eigenvalue weighted by Crippen LogP contribution is -2.32. The third kappa shape index (κ3) is 6.11. The molecule has 0 bridgehead atoms. The molecule has 0 aromatic heterocycles. The molecule has 0 heterocycles. The van der Waals surface area contributed by atoms with Crippen molar-refractivity contribution in [2.45, 2.75) is 25.6 Å². The van der Waals surface area contributed by atoms with Gasteiger partial charge in [0.15, 0.2) is 6.10 Å². The normalized spacial score (nSPS) is 12.9. The van der Waals surface area contributed by atoms with Gasteiger partial charge >= 0.3 is 6.18 Å². The minimum atomic E-state index is -4.45. The summed E-state index contributed by atoms with van der Waals surface area (Å²) in [6, 6.07) is 10.2. The zero-order valence-electron chi connectivity index (χ0n) is 16.0. The fraction of sp³-hybridized carbons (Fsp3) is 0.316. The molecule has 158 valence electrons. The predicted molar refractivity (Wildman–Crippen MR) is 104 cm³/mol. The van der Waals surface area contributed by atoms with Gasteiger partial charge in [0, 0.05) is 12.7 Å². The Bertz CT molecular complexity index is 943. The van der Waals surface area contributed by atoms with E-state index >= 15 is 0 Å². The van der Waals surface area contributed by atoms with Gasteiger partial charge in [-0.3, -0.25) is 9.10 Å². The Morgan fingerprint density at radius 2 is 1.66 bits per heavy atom. The van der Waals surface area contributed by atoms with E-state index in [9.17, 15) is 26.4 Å². The lowest BCUT2D eigenvalue weighted by Gasteiger charge is -2.19. The molecule has 0 unspecified atom stereocenters. The number of carbonyl (C=O) groups excluding carboxylic acids is 1. The number of nitrogens with one attached hydrogen (secondary N) is 1. The van der Waals surface area contributed by atoms with Gasteiger partial charge < -0.3 is 10.1 Å². The van der Waals surface area contributed by atoms with Gasteiger partial charge in [-0.05, 0) is 55.0 Å². The van der Waals surface area contributed by atoms with E-state index in [1.165, 1.54) is 43.4 Å². The second-order valence-electron chi connectivity index (χ2n) is 6.30. The number of anilines is 2. The smallest absolute Gasteiger partial charge is 0.416 e. The molecule has 1 N–H and O–H groups in total. The summed E-state index contributed by atoms with van der Waals surface area (Å²) < 4.78 is 67.7. The van der Waals surface area contributed by atoms with Crippen molar-refractivity contribution in [2.24, 2.45) is 0 Å². The van der Waals surface area contributed by atoms with Crippen LogP contribution >= 0.6 is 0 Å². The molecule has 0 saturated heterocycles. The highest BCUT2D eigenvalue weighted by Gasteiger charge is 2.30. The summed E-state index contributed by atoms with van der Waals surface area (Å²) in [4.78, 5) is 12.4. The van der Waals surface area contributed by atoms with Crippen molar-refractivity contribution in [2.75, 3.05) is 22.9 Å². The van der Waals surface area contributed by atoms with E-state index < -0.39 is 33.8 Å². The number of rotatable bonds is 7. The van der Waals surface area contributed by atoms with Gasteiger partial charge in [0.25, 0.3) is 5.91 Å². The van der Waals surface area contributed by atoms with Gasteiger partial charge in [0.05, 0.1) is 17.5 Å². The quantitative estimate of drug-likeness (QED) is 0.723. The lowest BCUT2D eigenvalue weighted by molar-refractivity contribution is -0.137. The molecule has 0 saturated carbocycles. The number of halogens is 3. The summed E-state index contributed by atoms with van der Waals surface area (Å²) in [5.41, 5.74) is -0.157. The second kappa shape index (κ2) is 8.73. The highest BCUT2D eigenvalue weighted by atomic mass is 32.2. The first-order valence-electron chi connectivity index (χ1n) is 8.60. The maximum absolute atomic E-state index is 12.6. The molecular formula is C19H21F3N2O4S. The summed E-state index contributed by atoms with van der Waals surface area (Å²) >= 11 is 0. The van der Waals surface area contributed by atoms with E-state index in [2.05, 4.69) is 5.32 Å². The van der Waals surface area contributed by atoms with Gasteiger partial charge in [-0.15, -0.1) is 0 Å². The number of benzene rings is 2. The van der Waals surface area contributed by atoms with Gasteiger partial charge in [-0.25, -0.2) is 8.42 Å². The molecule has 2 aromatic rings. The molecule has 0 aliphatic rings. The molecule has 2 rings (SSSR count). The zero-order chi connectivity index (χ0) is 21.8. The standard InChI is InChI=1S/C19H21F3N2O4S/c1-4-17(18(25)23-14-7-5-13(6-8-14)19(20,21)22)28-16-11-9-15(10-12-16)24(2)29(3,26)27/h5-12,17H,4H2,1-3H3,(H,23,25)/t17-/m1/s1. The van der Waals surface area contributed by atoms with Crippen LogP contribution in [0.15, 0.2) is 48.5 Å². The summed E-state index contributed by atoms with van der Waals surface area (Å²) in [5.74, 6) is -0.158. The lowest BCUT2D eigenvalue weighted by atomic mass is 10.2. The van der Waals surface area contributed by atoms with E-state index in [1.54, 1.807) is 6.92 Å². The van der Waals surface area contributed by atoms with Crippen LogP contribution in [0.1, 0.15) is 18.9 Å². The fourth-order valence-electron chi connectivity index (χ4n) is 2.38. The van der Waals surface area contributed by atoms with Gasteiger partial charge in [-0.1, -0.05) is 6.92 Å². The maximum atomic E-state index is 12.6. The minimum Gasteiger partial charge on any atom is -0.481 e. The second-order valence-corrected chi connectivity index (χ2v) is 8.32. The average molecular weight is 430 g/mol. The number of hydrogen-bond donors (Lipinski definition) is 1. The van der Waals surface area contributed by atoms with E-state index in [4.69, 9.17) is 4.74 Å². The molecule has 0 aliphatic carbocycles. The topological polar surface area (TPSA) is 75.7 Å². The zero-order valence-corrected chi connectivity index (χ0v) is 16.8. The SMILES string of the molecule is CC[C@@H](Oc1ccc(N(C)S(C)(=O)=O)cc1)C(=O)Nc1ccc(C(F)(F)F)cc1. The first-order chi connectivity index (χ1) is 13.4. The van der Waals surface area contributed by atoms with Crippen LogP contribution in [0.2, 0.25) is 0 Å². The minimum absolute atomic E-state index is 0.218. The van der Waals surface area contributed by atoms with Crippen molar-refractivity contribution >= 4 is 27.3 Å². The summed E-state index contributed by atoms with van der Waals surface area (Å²) in [5, 5.41) is 2.52. The van der Waals surface area contributed by atoms with Crippen molar-refractivity contribution < 1.29 is 31.1 Å². The number of ether oxygens (including phenoxy) is 1. The van der Waals surface area contributed by atoms with Gasteiger partial charge in [0.1, 0.15) is 5.75 Å². The van der Waals surface area contributed by atoms with Crippen LogP contribution in [0, 0.1) is 0 Å². The van der Waals surface area contributed by atoms with Crippen LogP contribution in [0.4, 0.5) is 24.5 Å². The van der Waals surface area contributed by atoms with E-state index in [0.717, 1.165) is 22.7 Å². The van der Waals surface area contributed by atoms with Crippen LogP contribution < -0.4 is 14.4 Å². The monoisotopic (exact) mass is 430 g/mol. The molecule has 0 aliphatic heterocycles. The number of carbonyl (C=O) groups is 1. The summed E-state index contributed by atoms with van der Waals surface area (Å²) in [6.45, 7) is 1.73. The molecule has 6 nitrogen and oxygen atoms in total. The van der Waals surface area contributed by atoms with Crippen LogP contribution in [-0.4, -0.2) is 33.7 Å². The van der Waals surface area contributed by atoms with Crippen LogP contribution in [0.25, 0.3) is 0 Å². The third-order valence-corrected chi connectivity index (χ3v) is 5.32. The van der Waals surface area contributed by atoms with Gasteiger partial charge in [-0.2, -0.15) is 13.2 Å². The van der Waals surface area contributed by atoms with E-state index in [1.807, 2.05) is 0 Å². The summed E-state index contributed by atoms with van der Waals surface area (Å²) in [6.07, 6.45) is -3.93. The number of alkyl halides is 3. The number of sulfonamides is 1. The molecule has 0 spiro atoms. The highest BCUT2D eigenvalue weighted by molar-refractivity contribution is 7.92. The van der Waals surface area contributed by atoms with Crippen LogP contribution in [0.5, 0.6) is 5.75 Å². The number of nitrogens with zero attached hydrogens (tertiary/aromatic N) is 1. The molecule has 2 aromatic carbocycles. The van der Waals surface area contributed by atoms with Gasteiger partial charge in [0.2, 0.25) is 10.0 Å². The van der Waals surface area contributed by atoms with Crippen molar-refractivity contribution in [1.82, 2.24) is 0 Å². The maximum Gasteiger partial charge on any atom is 0.416 e. The van der Waals surface area contributed by atoms with Crippen LogP contribution in [-0.2, 0) is 21.0 Å². The highest BCUT2D eigenvalue weighted by Crippen LogP contribution is 2.30. The van der Waals surface area contributed by atoms with Crippen LogP contribution in [0.3, 0.4) is 0 Å². The van der Waals surface area contributed by atoms with Crippen molar-refractivity contribution in [3.05, 3.63) is 54.1 Å². The van der Waals surface area contributed by atoms with Crippen molar-refractivity contribution in [3.63, 3.8) is 0 Å². The molecule has 1 atom stereocenters. The largest absolute Gasteiger partial charge is 0.481 e. The summed E-state index contributed by atoms with van der Waals surface area (Å²) in [7, 11) is -1.98. The fourth-order valence-corrected chi connectivity index (χ4v) is 2.88. The Labute approximate surface area is 167 Å². The Kier molecular flexibility index (Phi) is 6.78. The molecule has 29 heavy (non-hydrogen) atoms. The Morgan fingerprint density at radius 1 is 1.10 bits per heavy atom.